The smallest absolute Gasteiger partial charge is 0.266 e. The van der Waals surface area contributed by atoms with Crippen LogP contribution in [0.15, 0.2) is 71.8 Å². The zero-order chi connectivity index (χ0) is 21.7. The molecule has 7 heteroatoms. The van der Waals surface area contributed by atoms with Crippen molar-refractivity contribution < 1.29 is 4.79 Å². The van der Waals surface area contributed by atoms with Gasteiger partial charge >= 0.3 is 0 Å². The summed E-state index contributed by atoms with van der Waals surface area (Å²) in [6, 6.07) is 16.3. The second kappa shape index (κ2) is 7.18. The van der Waals surface area contributed by atoms with Gasteiger partial charge in [-0.15, -0.1) is 0 Å². The van der Waals surface area contributed by atoms with E-state index in [0.717, 1.165) is 16.8 Å². The molecule has 5 rings (SSSR count). The van der Waals surface area contributed by atoms with Crippen molar-refractivity contribution in [2.45, 2.75) is 13.8 Å². The highest BCUT2D eigenvalue weighted by molar-refractivity contribution is 6.30. The second-order valence-corrected chi connectivity index (χ2v) is 7.79. The van der Waals surface area contributed by atoms with Crippen LogP contribution in [0.3, 0.4) is 0 Å². The lowest BCUT2D eigenvalue weighted by Crippen LogP contribution is -2.19. The molecule has 0 fully saturated rings. The van der Waals surface area contributed by atoms with Crippen molar-refractivity contribution >= 4 is 33.9 Å². The predicted molar refractivity (Wildman–Crippen MR) is 121 cm³/mol. The fraction of sp³-hybridized carbons (Fsp3) is 0.0833. The maximum absolute atomic E-state index is 13.2. The average Bonchev–Trinajstić information content (AvgIpc) is 3.10. The largest absolute Gasteiger partial charge is 0.295 e. The molecule has 0 aliphatic rings. The number of ketones is 1. The van der Waals surface area contributed by atoms with Crippen molar-refractivity contribution in [1.82, 2.24) is 19.2 Å². The van der Waals surface area contributed by atoms with Gasteiger partial charge in [0.15, 0.2) is 11.4 Å². The van der Waals surface area contributed by atoms with Crippen LogP contribution in [-0.2, 0) is 0 Å². The van der Waals surface area contributed by atoms with E-state index in [-0.39, 0.29) is 11.3 Å². The Balaban J connectivity index is 1.71. The number of pyridine rings is 1. The van der Waals surface area contributed by atoms with Crippen LogP contribution in [0, 0.1) is 6.92 Å². The van der Waals surface area contributed by atoms with E-state index in [1.54, 1.807) is 41.2 Å². The summed E-state index contributed by atoms with van der Waals surface area (Å²) in [4.78, 5) is 29.3. The summed E-state index contributed by atoms with van der Waals surface area (Å²) in [6.45, 7) is 3.42. The van der Waals surface area contributed by atoms with Gasteiger partial charge in [-0.25, -0.2) is 9.50 Å². The maximum atomic E-state index is 13.2. The van der Waals surface area contributed by atoms with Crippen LogP contribution >= 0.6 is 11.6 Å². The SMILES string of the molecule is CC(=O)c1ccc(-n2ccc3c(cnc4c(-c5cccc(Cl)c5)c(C)nn43)c2=O)cc1. The van der Waals surface area contributed by atoms with Gasteiger partial charge in [0.05, 0.1) is 16.6 Å². The minimum Gasteiger partial charge on any atom is -0.295 e. The molecule has 0 N–H and O–H groups in total. The van der Waals surface area contributed by atoms with Gasteiger partial charge in [-0.05, 0) is 61.9 Å². The van der Waals surface area contributed by atoms with E-state index in [9.17, 15) is 9.59 Å². The number of rotatable bonds is 3. The minimum absolute atomic E-state index is 0.0199. The van der Waals surface area contributed by atoms with Crippen molar-refractivity contribution in [3.63, 3.8) is 0 Å². The van der Waals surface area contributed by atoms with Crippen LogP contribution in [0.2, 0.25) is 5.02 Å². The first-order valence-corrected chi connectivity index (χ1v) is 10.1. The van der Waals surface area contributed by atoms with Crippen LogP contribution < -0.4 is 5.56 Å². The van der Waals surface area contributed by atoms with Crippen LogP contribution in [-0.4, -0.2) is 24.9 Å². The third-order valence-electron chi connectivity index (χ3n) is 5.35. The second-order valence-electron chi connectivity index (χ2n) is 7.36. The molecule has 0 spiro atoms. The standard InChI is InChI=1S/C24H17ClN4O2/c1-14-22(17-4-3-5-18(25)12-17)23-26-13-20-21(29(23)27-14)10-11-28(24(20)31)19-8-6-16(7-9-19)15(2)30/h3-13H,1-2H3. The Morgan fingerprint density at radius 2 is 1.84 bits per heavy atom. The first kappa shape index (κ1) is 19.2. The molecule has 3 aromatic heterocycles. The van der Waals surface area contributed by atoms with Gasteiger partial charge in [0, 0.05) is 34.2 Å². The molecule has 0 unspecified atom stereocenters. The Kier molecular flexibility index (Phi) is 4.45. The first-order valence-electron chi connectivity index (χ1n) is 9.71. The highest BCUT2D eigenvalue weighted by atomic mass is 35.5. The molecule has 0 bridgehead atoms. The number of fused-ring (bicyclic) bond motifs is 3. The van der Waals surface area contributed by atoms with Crippen LogP contribution in [0.25, 0.3) is 33.4 Å². The van der Waals surface area contributed by atoms with E-state index in [2.05, 4.69) is 10.1 Å². The molecule has 31 heavy (non-hydrogen) atoms. The summed E-state index contributed by atoms with van der Waals surface area (Å²) < 4.78 is 3.24. The summed E-state index contributed by atoms with van der Waals surface area (Å²) in [5.74, 6) is -0.0199. The molecule has 0 saturated carbocycles. The van der Waals surface area contributed by atoms with Crippen LogP contribution in [0.4, 0.5) is 0 Å². The number of carbonyl (C=O) groups is 1. The van der Waals surface area contributed by atoms with Crippen LogP contribution in [0.1, 0.15) is 23.0 Å². The Morgan fingerprint density at radius 3 is 2.55 bits per heavy atom. The monoisotopic (exact) mass is 428 g/mol. The Labute approximate surface area is 182 Å². The number of nitrogens with zero attached hydrogens (tertiary/aromatic N) is 4. The van der Waals surface area contributed by atoms with E-state index in [0.29, 0.717) is 32.8 Å². The van der Waals surface area contributed by atoms with E-state index >= 15 is 0 Å². The zero-order valence-electron chi connectivity index (χ0n) is 16.8. The molecular formula is C24H17ClN4O2. The third kappa shape index (κ3) is 3.12. The fourth-order valence-electron chi connectivity index (χ4n) is 3.82. The molecular weight excluding hydrogens is 412 g/mol. The van der Waals surface area contributed by atoms with Gasteiger partial charge in [-0.3, -0.25) is 14.2 Å². The number of halogens is 1. The van der Waals surface area contributed by atoms with E-state index < -0.39 is 0 Å². The molecule has 0 saturated heterocycles. The number of Topliss-reactive ketones (excluding diaryl/α,β-unsaturated/α-hetero) is 1. The molecule has 3 heterocycles. The van der Waals surface area contributed by atoms with E-state index in [1.165, 1.54) is 11.5 Å². The topological polar surface area (TPSA) is 69.3 Å². The molecule has 0 amide bonds. The summed E-state index contributed by atoms with van der Waals surface area (Å²) in [5, 5.41) is 5.73. The molecule has 0 aliphatic carbocycles. The molecule has 0 atom stereocenters. The summed E-state index contributed by atoms with van der Waals surface area (Å²) >= 11 is 6.17. The molecule has 5 aromatic rings. The summed E-state index contributed by atoms with van der Waals surface area (Å²) in [5.41, 5.74) is 5.00. The highest BCUT2D eigenvalue weighted by Crippen LogP contribution is 2.30. The lowest BCUT2D eigenvalue weighted by atomic mass is 10.1. The van der Waals surface area contributed by atoms with Gasteiger partial charge in [-0.1, -0.05) is 23.7 Å². The van der Waals surface area contributed by atoms with Crippen molar-refractivity contribution in [1.29, 1.82) is 0 Å². The average molecular weight is 429 g/mol. The number of benzene rings is 2. The Morgan fingerprint density at radius 1 is 1.06 bits per heavy atom. The van der Waals surface area contributed by atoms with Crippen molar-refractivity contribution in [3.8, 4) is 16.8 Å². The Hall–Kier alpha value is -3.77. The number of carbonyl (C=O) groups excluding carboxylic acids is 1. The lowest BCUT2D eigenvalue weighted by Gasteiger charge is -2.09. The van der Waals surface area contributed by atoms with Gasteiger partial charge in [0.1, 0.15) is 0 Å². The maximum Gasteiger partial charge on any atom is 0.266 e. The van der Waals surface area contributed by atoms with Crippen molar-refractivity contribution in [2.75, 3.05) is 0 Å². The summed E-state index contributed by atoms with van der Waals surface area (Å²) in [7, 11) is 0. The quantitative estimate of drug-likeness (QED) is 0.384. The number of aryl methyl sites for hydroxylation is 1. The van der Waals surface area contributed by atoms with Gasteiger partial charge in [-0.2, -0.15) is 5.10 Å². The normalized spacial score (nSPS) is 11.3. The Bertz CT molecular complexity index is 1550. The molecule has 0 aliphatic heterocycles. The summed E-state index contributed by atoms with van der Waals surface area (Å²) in [6.07, 6.45) is 3.30. The van der Waals surface area contributed by atoms with Gasteiger partial charge in [0.25, 0.3) is 5.56 Å². The predicted octanol–water partition coefficient (Wildman–Crippen LogP) is 4.86. The molecule has 0 radical (unpaired) electrons. The first-order chi connectivity index (χ1) is 14.9. The van der Waals surface area contributed by atoms with Gasteiger partial charge < -0.3 is 0 Å². The lowest BCUT2D eigenvalue weighted by molar-refractivity contribution is 0.101. The van der Waals surface area contributed by atoms with Crippen molar-refractivity contribution in [2.24, 2.45) is 0 Å². The van der Waals surface area contributed by atoms with Crippen molar-refractivity contribution in [3.05, 3.63) is 93.6 Å². The molecule has 2 aromatic carbocycles. The van der Waals surface area contributed by atoms with Gasteiger partial charge in [0.2, 0.25) is 0 Å². The minimum atomic E-state index is -0.208. The molecule has 6 nitrogen and oxygen atoms in total. The number of hydrogen-bond donors (Lipinski definition) is 0. The van der Waals surface area contributed by atoms with E-state index in [4.69, 9.17) is 11.6 Å². The molecule has 152 valence electrons. The van der Waals surface area contributed by atoms with E-state index in [1.807, 2.05) is 37.3 Å². The van der Waals surface area contributed by atoms with Crippen LogP contribution in [0.5, 0.6) is 0 Å². The number of aromatic nitrogens is 4. The number of hydrogen-bond acceptors (Lipinski definition) is 4. The fourth-order valence-corrected chi connectivity index (χ4v) is 4.01. The highest BCUT2D eigenvalue weighted by Gasteiger charge is 2.17. The third-order valence-corrected chi connectivity index (χ3v) is 5.59. The zero-order valence-corrected chi connectivity index (χ0v) is 17.6.